The van der Waals surface area contributed by atoms with E-state index in [2.05, 4.69) is 35.6 Å². The summed E-state index contributed by atoms with van der Waals surface area (Å²) in [7, 11) is 0. The van der Waals surface area contributed by atoms with Gasteiger partial charge in [-0.1, -0.05) is 27.2 Å². The van der Waals surface area contributed by atoms with E-state index in [0.717, 1.165) is 36.9 Å². The Balaban J connectivity index is 1.72. The fourth-order valence-electron chi connectivity index (χ4n) is 3.41. The first-order valence-electron chi connectivity index (χ1n) is 7.86. The summed E-state index contributed by atoms with van der Waals surface area (Å²) in [6, 6.07) is 0.728. The van der Waals surface area contributed by atoms with Crippen molar-refractivity contribution < 1.29 is 0 Å². The number of hydrogen-bond donors (Lipinski definition) is 1. The minimum atomic E-state index is 0.728. The summed E-state index contributed by atoms with van der Waals surface area (Å²) in [5, 5.41) is 3.81. The average molecular weight is 263 g/mol. The van der Waals surface area contributed by atoms with Gasteiger partial charge < -0.3 is 9.88 Å². The Labute approximate surface area is 117 Å². The van der Waals surface area contributed by atoms with Crippen LogP contribution in [0.4, 0.5) is 0 Å². The Hall–Kier alpha value is -0.830. The topological polar surface area (TPSA) is 29.9 Å². The first-order chi connectivity index (χ1) is 9.16. The van der Waals surface area contributed by atoms with E-state index in [4.69, 9.17) is 0 Å². The Bertz CT molecular complexity index is 345. The van der Waals surface area contributed by atoms with Crippen LogP contribution in [0.3, 0.4) is 0 Å². The Morgan fingerprint density at radius 1 is 1.37 bits per heavy atom. The smallest absolute Gasteiger partial charge is 0.0945 e. The molecule has 3 atom stereocenters. The summed E-state index contributed by atoms with van der Waals surface area (Å²) in [6.07, 6.45) is 11.2. The van der Waals surface area contributed by atoms with Crippen molar-refractivity contribution in [1.82, 2.24) is 14.9 Å². The molecule has 1 heterocycles. The van der Waals surface area contributed by atoms with Gasteiger partial charge in [0, 0.05) is 25.0 Å². The van der Waals surface area contributed by atoms with E-state index in [1.807, 2.05) is 18.7 Å². The number of aromatic nitrogens is 2. The van der Waals surface area contributed by atoms with Gasteiger partial charge in [0.2, 0.25) is 0 Å². The lowest BCUT2D eigenvalue weighted by atomic mass is 9.74. The second-order valence-electron chi connectivity index (χ2n) is 6.54. The first kappa shape index (κ1) is 14.6. The van der Waals surface area contributed by atoms with Crippen molar-refractivity contribution in [1.29, 1.82) is 0 Å². The number of nitrogens with one attached hydrogen (secondary N) is 1. The molecule has 108 valence electrons. The van der Waals surface area contributed by atoms with Gasteiger partial charge >= 0.3 is 0 Å². The molecular weight excluding hydrogens is 234 g/mol. The lowest BCUT2D eigenvalue weighted by Crippen LogP contribution is -2.43. The predicted molar refractivity (Wildman–Crippen MR) is 80.0 cm³/mol. The Morgan fingerprint density at radius 3 is 2.89 bits per heavy atom. The minimum Gasteiger partial charge on any atom is -0.337 e. The van der Waals surface area contributed by atoms with Crippen LogP contribution in [0.5, 0.6) is 0 Å². The largest absolute Gasteiger partial charge is 0.337 e. The van der Waals surface area contributed by atoms with Crippen LogP contribution in [0.2, 0.25) is 0 Å². The first-order valence-corrected chi connectivity index (χ1v) is 7.86. The van der Waals surface area contributed by atoms with Crippen LogP contribution in [-0.4, -0.2) is 22.1 Å². The highest BCUT2D eigenvalue weighted by atomic mass is 15.0. The summed E-state index contributed by atoms with van der Waals surface area (Å²) in [6.45, 7) is 9.35. The normalized spacial score (nSPS) is 27.9. The molecule has 0 aromatic carbocycles. The van der Waals surface area contributed by atoms with Crippen LogP contribution in [0.25, 0.3) is 0 Å². The molecule has 1 saturated carbocycles. The maximum absolute atomic E-state index is 4.08. The molecule has 1 aliphatic rings. The molecule has 0 aliphatic heterocycles. The van der Waals surface area contributed by atoms with Crippen molar-refractivity contribution in [2.75, 3.05) is 6.54 Å². The lowest BCUT2D eigenvalue weighted by molar-refractivity contribution is 0.170. The van der Waals surface area contributed by atoms with E-state index in [1.54, 1.807) is 0 Å². The summed E-state index contributed by atoms with van der Waals surface area (Å²) < 4.78 is 2.16. The van der Waals surface area contributed by atoms with Gasteiger partial charge in [0.15, 0.2) is 0 Å². The maximum Gasteiger partial charge on any atom is 0.0945 e. The van der Waals surface area contributed by atoms with Crippen molar-refractivity contribution in [3.05, 3.63) is 18.7 Å². The van der Waals surface area contributed by atoms with Crippen molar-refractivity contribution in [2.24, 2.45) is 17.8 Å². The molecule has 0 amide bonds. The van der Waals surface area contributed by atoms with Crippen LogP contribution < -0.4 is 5.32 Å². The van der Waals surface area contributed by atoms with E-state index in [9.17, 15) is 0 Å². The third-order valence-corrected chi connectivity index (χ3v) is 4.58. The zero-order valence-electron chi connectivity index (χ0n) is 12.7. The monoisotopic (exact) mass is 263 g/mol. The average Bonchev–Trinajstić information content (AvgIpc) is 2.87. The molecule has 1 aromatic heterocycles. The van der Waals surface area contributed by atoms with Gasteiger partial charge in [-0.15, -0.1) is 0 Å². The molecule has 3 heteroatoms. The molecule has 1 aromatic rings. The zero-order valence-corrected chi connectivity index (χ0v) is 12.7. The van der Waals surface area contributed by atoms with E-state index in [1.165, 1.54) is 25.7 Å². The van der Waals surface area contributed by atoms with Crippen molar-refractivity contribution >= 4 is 0 Å². The second-order valence-corrected chi connectivity index (χ2v) is 6.54. The molecule has 0 radical (unpaired) electrons. The fraction of sp³-hybridized carbons (Fsp3) is 0.812. The summed E-state index contributed by atoms with van der Waals surface area (Å²) in [5.74, 6) is 2.56. The molecule has 1 fully saturated rings. The SMILES string of the molecule is CC1CCC(C(C)C)C(NCCCn2ccnc2)C1. The Kier molecular flexibility index (Phi) is 5.44. The van der Waals surface area contributed by atoms with Crippen LogP contribution in [-0.2, 0) is 6.54 Å². The highest BCUT2D eigenvalue weighted by Gasteiger charge is 2.29. The third kappa shape index (κ3) is 4.34. The van der Waals surface area contributed by atoms with Crippen molar-refractivity contribution in [3.63, 3.8) is 0 Å². The predicted octanol–water partition coefficient (Wildman–Crippen LogP) is 3.32. The van der Waals surface area contributed by atoms with Crippen LogP contribution in [0.15, 0.2) is 18.7 Å². The highest BCUT2D eigenvalue weighted by molar-refractivity contribution is 4.85. The molecule has 0 bridgehead atoms. The maximum atomic E-state index is 4.08. The molecule has 1 N–H and O–H groups in total. The van der Waals surface area contributed by atoms with Crippen molar-refractivity contribution in [3.8, 4) is 0 Å². The number of imidazole rings is 1. The highest BCUT2D eigenvalue weighted by Crippen LogP contribution is 2.33. The van der Waals surface area contributed by atoms with Gasteiger partial charge in [-0.25, -0.2) is 4.98 Å². The lowest BCUT2D eigenvalue weighted by Gasteiger charge is -2.38. The molecule has 2 rings (SSSR count). The molecule has 3 unspecified atom stereocenters. The number of hydrogen-bond acceptors (Lipinski definition) is 2. The van der Waals surface area contributed by atoms with Gasteiger partial charge in [-0.05, 0) is 43.6 Å². The standard InChI is InChI=1S/C16H29N3/c1-13(2)15-6-5-14(3)11-16(15)18-7-4-9-19-10-8-17-12-19/h8,10,12-16,18H,4-7,9,11H2,1-3H3. The molecular formula is C16H29N3. The van der Waals surface area contributed by atoms with Gasteiger partial charge in [0.1, 0.15) is 0 Å². The Morgan fingerprint density at radius 2 is 2.21 bits per heavy atom. The number of aryl methyl sites for hydroxylation is 1. The molecule has 3 nitrogen and oxygen atoms in total. The summed E-state index contributed by atoms with van der Waals surface area (Å²) >= 11 is 0. The second kappa shape index (κ2) is 7.09. The number of nitrogens with zero attached hydrogens (tertiary/aromatic N) is 2. The quantitative estimate of drug-likeness (QED) is 0.798. The third-order valence-electron chi connectivity index (χ3n) is 4.58. The van der Waals surface area contributed by atoms with Gasteiger partial charge in [0.05, 0.1) is 6.33 Å². The summed E-state index contributed by atoms with van der Waals surface area (Å²) in [4.78, 5) is 4.08. The van der Waals surface area contributed by atoms with E-state index in [0.29, 0.717) is 0 Å². The molecule has 1 aliphatic carbocycles. The molecule has 19 heavy (non-hydrogen) atoms. The molecule has 0 saturated heterocycles. The molecule has 0 spiro atoms. The minimum absolute atomic E-state index is 0.728. The number of rotatable bonds is 6. The van der Waals surface area contributed by atoms with Crippen molar-refractivity contribution in [2.45, 2.75) is 59.0 Å². The van der Waals surface area contributed by atoms with Crippen LogP contribution >= 0.6 is 0 Å². The van der Waals surface area contributed by atoms with Crippen LogP contribution in [0, 0.1) is 17.8 Å². The van der Waals surface area contributed by atoms with Gasteiger partial charge in [-0.3, -0.25) is 0 Å². The van der Waals surface area contributed by atoms with E-state index >= 15 is 0 Å². The van der Waals surface area contributed by atoms with Gasteiger partial charge in [-0.2, -0.15) is 0 Å². The fourth-order valence-corrected chi connectivity index (χ4v) is 3.41. The van der Waals surface area contributed by atoms with Gasteiger partial charge in [0.25, 0.3) is 0 Å². The zero-order chi connectivity index (χ0) is 13.7. The van der Waals surface area contributed by atoms with E-state index < -0.39 is 0 Å². The van der Waals surface area contributed by atoms with E-state index in [-0.39, 0.29) is 0 Å². The summed E-state index contributed by atoms with van der Waals surface area (Å²) in [5.41, 5.74) is 0. The van der Waals surface area contributed by atoms with Crippen LogP contribution in [0.1, 0.15) is 46.5 Å².